The fourth-order valence-corrected chi connectivity index (χ4v) is 5.81. The van der Waals surface area contributed by atoms with Crippen LogP contribution in [0, 0.1) is 11.8 Å². The number of benzene rings is 2. The lowest BCUT2D eigenvalue weighted by molar-refractivity contribution is -0.208. The van der Waals surface area contributed by atoms with Crippen molar-refractivity contribution in [2.75, 3.05) is 13.2 Å². The van der Waals surface area contributed by atoms with Crippen LogP contribution in [-0.2, 0) is 29.0 Å². The van der Waals surface area contributed by atoms with Gasteiger partial charge in [0.15, 0.2) is 0 Å². The lowest BCUT2D eigenvalue weighted by atomic mass is 9.76. The molecule has 0 spiro atoms. The highest BCUT2D eigenvalue weighted by Gasteiger charge is 2.30. The van der Waals surface area contributed by atoms with E-state index in [9.17, 15) is 19.2 Å². The van der Waals surface area contributed by atoms with Gasteiger partial charge in [0.05, 0.1) is 24.3 Å². The molecule has 0 radical (unpaired) electrons. The second-order valence-electron chi connectivity index (χ2n) is 11.9. The van der Waals surface area contributed by atoms with E-state index < -0.39 is 24.2 Å². The van der Waals surface area contributed by atoms with Gasteiger partial charge in [-0.1, -0.05) is 13.8 Å². The first-order valence-corrected chi connectivity index (χ1v) is 16.5. The maximum atomic E-state index is 12.2. The highest BCUT2D eigenvalue weighted by molar-refractivity contribution is 5.90. The van der Waals surface area contributed by atoms with Crippen LogP contribution in [0.15, 0.2) is 48.5 Å². The molecule has 2 saturated carbocycles. The topological polar surface area (TPSA) is 142 Å². The Bertz CT molecular complexity index is 1180. The van der Waals surface area contributed by atoms with Crippen molar-refractivity contribution in [3.05, 3.63) is 59.7 Å². The van der Waals surface area contributed by atoms with Gasteiger partial charge in [0.1, 0.15) is 23.7 Å². The van der Waals surface area contributed by atoms with Gasteiger partial charge < -0.3 is 18.9 Å². The van der Waals surface area contributed by atoms with E-state index in [0.717, 1.165) is 44.9 Å². The Morgan fingerprint density at radius 3 is 1.23 bits per heavy atom. The number of hydrogen-bond donors (Lipinski definition) is 0. The number of carbonyl (C=O) groups is 4. The average molecular weight is 657 g/mol. The maximum absolute atomic E-state index is 12.2. The van der Waals surface area contributed by atoms with Gasteiger partial charge in [0, 0.05) is 0 Å². The van der Waals surface area contributed by atoms with Gasteiger partial charge in [-0.3, -0.25) is 0 Å². The Morgan fingerprint density at radius 1 is 0.532 bits per heavy atom. The van der Waals surface area contributed by atoms with E-state index in [1.807, 2.05) is 13.8 Å². The van der Waals surface area contributed by atoms with Crippen molar-refractivity contribution in [1.29, 1.82) is 0 Å². The van der Waals surface area contributed by atoms with E-state index in [1.165, 1.54) is 24.3 Å². The lowest BCUT2D eigenvalue weighted by Crippen LogP contribution is -2.28. The fraction of sp³-hybridized carbons (Fsp3) is 0.543. The van der Waals surface area contributed by atoms with Crippen LogP contribution in [0.1, 0.15) is 105 Å². The summed E-state index contributed by atoms with van der Waals surface area (Å²) in [5, 5.41) is 0. The third-order valence-corrected chi connectivity index (χ3v) is 8.28. The Hall–Kier alpha value is -4.48. The number of ether oxygens (including phenoxy) is 4. The van der Waals surface area contributed by atoms with Crippen molar-refractivity contribution in [1.82, 2.24) is 0 Å². The van der Waals surface area contributed by atoms with Crippen LogP contribution in [0.5, 0.6) is 11.5 Å². The zero-order valence-corrected chi connectivity index (χ0v) is 27.0. The molecule has 0 atom stereocenters. The summed E-state index contributed by atoms with van der Waals surface area (Å²) in [5.41, 5.74) is 0.444. The molecule has 0 N–H and O–H groups in total. The standard InChI is InChI=1S/C35H44O12/c1-3-21-40-28-17-9-26(10-18-28)32(36)44-46-34(38)42-30-13-5-24(6-14-30)23-25-7-15-31(16-8-25)43-35(39)47-45-33(37)27-11-19-29(20-12-27)41-22-4-2/h9-12,17-20,24-25,30-31H,3-8,13-16,21-23H2,1-2H3. The molecule has 4 rings (SSSR count). The van der Waals surface area contributed by atoms with Gasteiger partial charge in [-0.25, -0.2) is 29.1 Å². The summed E-state index contributed by atoms with van der Waals surface area (Å²) in [7, 11) is 0. The molecule has 47 heavy (non-hydrogen) atoms. The molecular formula is C35H44O12. The molecule has 2 fully saturated rings. The van der Waals surface area contributed by atoms with Crippen molar-refractivity contribution >= 4 is 24.2 Å². The zero-order chi connectivity index (χ0) is 33.4. The van der Waals surface area contributed by atoms with E-state index >= 15 is 0 Å². The van der Waals surface area contributed by atoms with Crippen LogP contribution in [0.3, 0.4) is 0 Å². The summed E-state index contributed by atoms with van der Waals surface area (Å²) in [6, 6.07) is 12.7. The molecule has 0 unspecified atom stereocenters. The van der Waals surface area contributed by atoms with Crippen molar-refractivity contribution in [2.45, 2.75) is 96.7 Å². The Balaban J connectivity index is 1.05. The van der Waals surface area contributed by atoms with E-state index in [2.05, 4.69) is 19.6 Å². The Labute approximate surface area is 274 Å². The van der Waals surface area contributed by atoms with Crippen LogP contribution < -0.4 is 9.47 Å². The maximum Gasteiger partial charge on any atom is 0.550 e. The van der Waals surface area contributed by atoms with E-state index in [0.29, 0.717) is 62.2 Å². The summed E-state index contributed by atoms with van der Waals surface area (Å²) >= 11 is 0. The molecule has 0 aromatic heterocycles. The highest BCUT2D eigenvalue weighted by atomic mass is 17.2. The molecule has 2 aliphatic carbocycles. The molecule has 0 bridgehead atoms. The number of rotatable bonds is 12. The molecule has 2 aliphatic rings. The predicted molar refractivity (Wildman–Crippen MR) is 167 cm³/mol. The van der Waals surface area contributed by atoms with Crippen LogP contribution in [0.25, 0.3) is 0 Å². The number of carbonyl (C=O) groups excluding carboxylic acids is 4. The molecule has 12 nitrogen and oxygen atoms in total. The van der Waals surface area contributed by atoms with E-state index in [1.54, 1.807) is 24.3 Å². The van der Waals surface area contributed by atoms with Crippen LogP contribution in [0.2, 0.25) is 0 Å². The second-order valence-corrected chi connectivity index (χ2v) is 11.9. The molecule has 0 amide bonds. The lowest BCUT2D eigenvalue weighted by Gasteiger charge is -2.33. The van der Waals surface area contributed by atoms with Crippen LogP contribution in [-0.4, -0.2) is 49.7 Å². The molecule has 0 heterocycles. The summed E-state index contributed by atoms with van der Waals surface area (Å²) in [6.07, 6.45) is 6.57. The second kappa shape index (κ2) is 18.6. The number of hydrogen-bond acceptors (Lipinski definition) is 12. The highest BCUT2D eigenvalue weighted by Crippen LogP contribution is 2.37. The first-order valence-electron chi connectivity index (χ1n) is 16.5. The summed E-state index contributed by atoms with van der Waals surface area (Å²) in [6.45, 7) is 5.15. The predicted octanol–water partition coefficient (Wildman–Crippen LogP) is 7.92. The normalized spacial score (nSPS) is 20.6. The summed E-state index contributed by atoms with van der Waals surface area (Å²) in [4.78, 5) is 67.0. The van der Waals surface area contributed by atoms with Crippen molar-refractivity contribution in [3.63, 3.8) is 0 Å². The van der Waals surface area contributed by atoms with Crippen molar-refractivity contribution < 1.29 is 57.7 Å². The zero-order valence-electron chi connectivity index (χ0n) is 27.0. The molecule has 0 saturated heterocycles. The van der Waals surface area contributed by atoms with E-state index in [4.69, 9.17) is 18.9 Å². The summed E-state index contributed by atoms with van der Waals surface area (Å²) in [5.74, 6) is 0.680. The minimum atomic E-state index is -1.04. The van der Waals surface area contributed by atoms with Crippen LogP contribution in [0.4, 0.5) is 9.59 Å². The SMILES string of the molecule is CCCOc1ccc(C(=O)OOC(=O)OC2CCC(CC3CCC(OC(=O)OOC(=O)c4ccc(OCCC)cc4)CC3)CC2)cc1. The minimum absolute atomic E-state index is 0.222. The summed E-state index contributed by atoms with van der Waals surface area (Å²) < 4.78 is 21.7. The molecule has 256 valence electrons. The van der Waals surface area contributed by atoms with Crippen molar-refractivity contribution in [2.24, 2.45) is 11.8 Å². The molecule has 2 aromatic carbocycles. The van der Waals surface area contributed by atoms with E-state index in [-0.39, 0.29) is 23.3 Å². The van der Waals surface area contributed by atoms with Crippen LogP contribution >= 0.6 is 0 Å². The molecular weight excluding hydrogens is 612 g/mol. The quantitative estimate of drug-likeness (QED) is 0.124. The average Bonchev–Trinajstić information content (AvgIpc) is 3.10. The smallest absolute Gasteiger partial charge is 0.494 e. The third kappa shape index (κ3) is 12.0. The third-order valence-electron chi connectivity index (χ3n) is 8.28. The van der Waals surface area contributed by atoms with Crippen molar-refractivity contribution in [3.8, 4) is 11.5 Å². The Kier molecular flexibility index (Phi) is 14.0. The van der Waals surface area contributed by atoms with Gasteiger partial charge in [0.2, 0.25) is 0 Å². The van der Waals surface area contributed by atoms with Gasteiger partial charge in [0.25, 0.3) is 0 Å². The first kappa shape index (κ1) is 35.4. The monoisotopic (exact) mass is 656 g/mol. The minimum Gasteiger partial charge on any atom is -0.494 e. The fourth-order valence-electron chi connectivity index (χ4n) is 5.81. The van der Waals surface area contributed by atoms with Gasteiger partial charge in [-0.05, 0) is 131 Å². The largest absolute Gasteiger partial charge is 0.550 e. The van der Waals surface area contributed by atoms with Gasteiger partial charge >= 0.3 is 24.2 Å². The molecule has 12 heteroatoms. The van der Waals surface area contributed by atoms with Gasteiger partial charge in [-0.2, -0.15) is 9.59 Å². The first-order chi connectivity index (χ1) is 22.8. The molecule has 0 aliphatic heterocycles. The Morgan fingerprint density at radius 2 is 0.894 bits per heavy atom. The van der Waals surface area contributed by atoms with Gasteiger partial charge in [-0.15, -0.1) is 0 Å². The molecule has 2 aromatic rings.